The first-order chi connectivity index (χ1) is 18.1. The van der Waals surface area contributed by atoms with Crippen LogP contribution in [0.4, 0.5) is 4.39 Å². The Balaban J connectivity index is 1.56. The lowest BCUT2D eigenvalue weighted by Crippen LogP contribution is -2.13. The van der Waals surface area contributed by atoms with E-state index in [9.17, 15) is 9.18 Å². The summed E-state index contributed by atoms with van der Waals surface area (Å²) in [4.78, 5) is 14.2. The molecule has 0 bridgehead atoms. The SMILES string of the molecule is CC/C(=C(/c1ccc(OCCCC/C=C/C(=O)NC)cc1)c1ccc2[nH]cc(F)c2c1)c1ccccc1. The Morgan fingerprint density at radius 1 is 0.973 bits per heavy atom. The van der Waals surface area contributed by atoms with Gasteiger partial charge in [-0.2, -0.15) is 0 Å². The van der Waals surface area contributed by atoms with Gasteiger partial charge in [-0.3, -0.25) is 4.79 Å². The Kier molecular flexibility index (Phi) is 8.93. The summed E-state index contributed by atoms with van der Waals surface area (Å²) in [5.41, 5.74) is 6.26. The second kappa shape index (κ2) is 12.7. The van der Waals surface area contributed by atoms with E-state index in [1.165, 1.54) is 11.8 Å². The van der Waals surface area contributed by atoms with Crippen LogP contribution in [0.1, 0.15) is 49.3 Å². The number of H-pyrrole nitrogens is 1. The zero-order valence-corrected chi connectivity index (χ0v) is 21.4. The van der Waals surface area contributed by atoms with E-state index in [1.807, 2.05) is 48.5 Å². The molecule has 5 heteroatoms. The highest BCUT2D eigenvalue weighted by Gasteiger charge is 2.15. The van der Waals surface area contributed by atoms with Gasteiger partial charge in [-0.25, -0.2) is 4.39 Å². The van der Waals surface area contributed by atoms with E-state index in [-0.39, 0.29) is 11.7 Å². The smallest absolute Gasteiger partial charge is 0.243 e. The van der Waals surface area contributed by atoms with Gasteiger partial charge in [-0.15, -0.1) is 0 Å². The number of unbranched alkanes of at least 4 members (excludes halogenated alkanes) is 2. The normalized spacial score (nSPS) is 12.1. The van der Waals surface area contributed by atoms with Gasteiger partial charge in [0.15, 0.2) is 0 Å². The van der Waals surface area contributed by atoms with Gasteiger partial charge in [-0.05, 0) is 83.9 Å². The molecule has 1 aromatic heterocycles. The molecule has 190 valence electrons. The van der Waals surface area contributed by atoms with E-state index in [4.69, 9.17) is 4.74 Å². The third-order valence-electron chi connectivity index (χ3n) is 6.39. The van der Waals surface area contributed by atoms with Crippen LogP contribution in [0.3, 0.4) is 0 Å². The van der Waals surface area contributed by atoms with Gasteiger partial charge in [0.1, 0.15) is 11.6 Å². The maximum Gasteiger partial charge on any atom is 0.243 e. The maximum absolute atomic E-state index is 14.4. The minimum Gasteiger partial charge on any atom is -0.494 e. The standard InChI is InChI=1S/C32H33FN2O2/c1-3-27(23-11-7-6-8-12-23)32(25-16-19-30-28(21-25)29(33)22-35-30)24-14-17-26(18-15-24)37-20-10-5-4-9-13-31(36)34-2/h6-9,11-19,21-22,35H,3-5,10,20H2,1-2H3,(H,34,36)/b13-9+,32-27+. The fourth-order valence-electron chi connectivity index (χ4n) is 4.47. The first kappa shape index (κ1) is 26.0. The van der Waals surface area contributed by atoms with E-state index in [0.717, 1.165) is 59.2 Å². The van der Waals surface area contributed by atoms with E-state index in [1.54, 1.807) is 13.1 Å². The van der Waals surface area contributed by atoms with Crippen LogP contribution < -0.4 is 10.1 Å². The van der Waals surface area contributed by atoms with Crippen molar-refractivity contribution in [2.24, 2.45) is 0 Å². The molecule has 0 fully saturated rings. The van der Waals surface area contributed by atoms with Crippen LogP contribution in [0, 0.1) is 5.82 Å². The summed E-state index contributed by atoms with van der Waals surface area (Å²) < 4.78 is 20.4. The molecule has 0 saturated heterocycles. The Bertz CT molecular complexity index is 1390. The zero-order valence-electron chi connectivity index (χ0n) is 21.4. The molecule has 1 amide bonds. The second-order valence-electron chi connectivity index (χ2n) is 8.86. The van der Waals surface area contributed by atoms with Crippen LogP contribution in [0.2, 0.25) is 0 Å². The molecule has 37 heavy (non-hydrogen) atoms. The third kappa shape index (κ3) is 6.56. The fraction of sp³-hybridized carbons (Fsp3) is 0.219. The number of carbonyl (C=O) groups excluding carboxylic acids is 1. The van der Waals surface area contributed by atoms with Crippen LogP contribution in [-0.4, -0.2) is 24.5 Å². The quantitative estimate of drug-likeness (QED) is 0.128. The van der Waals surface area contributed by atoms with E-state index >= 15 is 0 Å². The minimum atomic E-state index is -0.248. The second-order valence-corrected chi connectivity index (χ2v) is 8.86. The molecule has 0 aliphatic heterocycles. The number of aromatic nitrogens is 1. The summed E-state index contributed by atoms with van der Waals surface area (Å²) in [6.45, 7) is 2.77. The average molecular weight is 497 g/mol. The molecule has 4 aromatic rings. The topological polar surface area (TPSA) is 54.1 Å². The largest absolute Gasteiger partial charge is 0.494 e. The van der Waals surface area contributed by atoms with Crippen LogP contribution >= 0.6 is 0 Å². The Labute approximate surface area is 217 Å². The lowest BCUT2D eigenvalue weighted by molar-refractivity contribution is -0.116. The van der Waals surface area contributed by atoms with Crippen molar-refractivity contribution >= 4 is 28.0 Å². The Morgan fingerprint density at radius 3 is 2.46 bits per heavy atom. The monoisotopic (exact) mass is 496 g/mol. The van der Waals surface area contributed by atoms with Crippen molar-refractivity contribution in [3.63, 3.8) is 0 Å². The highest BCUT2D eigenvalue weighted by molar-refractivity contribution is 6.00. The first-order valence-electron chi connectivity index (χ1n) is 12.8. The summed E-state index contributed by atoms with van der Waals surface area (Å²) in [7, 11) is 1.62. The van der Waals surface area contributed by atoms with Crippen LogP contribution in [0.25, 0.3) is 22.0 Å². The Hall–Kier alpha value is -4.12. The average Bonchev–Trinajstić information content (AvgIpc) is 3.31. The summed E-state index contributed by atoms with van der Waals surface area (Å²) >= 11 is 0. The number of ether oxygens (including phenoxy) is 1. The van der Waals surface area contributed by atoms with Gasteiger partial charge in [0.05, 0.1) is 6.61 Å². The molecule has 0 aliphatic rings. The number of nitrogens with one attached hydrogen (secondary N) is 2. The predicted octanol–water partition coefficient (Wildman–Crippen LogP) is 7.53. The number of hydrogen-bond acceptors (Lipinski definition) is 2. The molecular weight excluding hydrogens is 463 g/mol. The number of halogens is 1. The maximum atomic E-state index is 14.4. The molecule has 0 aliphatic carbocycles. The number of amides is 1. The van der Waals surface area contributed by atoms with Crippen molar-refractivity contribution in [1.82, 2.24) is 10.3 Å². The molecule has 3 aromatic carbocycles. The number of carbonyl (C=O) groups is 1. The number of allylic oxidation sites excluding steroid dienone is 2. The minimum absolute atomic E-state index is 0.0820. The summed E-state index contributed by atoms with van der Waals surface area (Å²) in [5, 5.41) is 3.16. The van der Waals surface area contributed by atoms with Crippen molar-refractivity contribution in [3.8, 4) is 5.75 Å². The van der Waals surface area contributed by atoms with E-state index in [2.05, 4.69) is 47.6 Å². The van der Waals surface area contributed by atoms with Crippen molar-refractivity contribution in [2.45, 2.75) is 32.6 Å². The number of hydrogen-bond donors (Lipinski definition) is 2. The van der Waals surface area contributed by atoms with E-state index < -0.39 is 0 Å². The van der Waals surface area contributed by atoms with Gasteiger partial charge < -0.3 is 15.0 Å². The molecule has 4 rings (SSSR count). The Morgan fingerprint density at radius 2 is 1.73 bits per heavy atom. The van der Waals surface area contributed by atoms with Crippen LogP contribution in [0.5, 0.6) is 5.75 Å². The van der Waals surface area contributed by atoms with Gasteiger partial charge in [0.25, 0.3) is 0 Å². The molecule has 4 nitrogen and oxygen atoms in total. The number of aromatic amines is 1. The van der Waals surface area contributed by atoms with Crippen molar-refractivity contribution in [1.29, 1.82) is 0 Å². The molecule has 0 saturated carbocycles. The third-order valence-corrected chi connectivity index (χ3v) is 6.39. The van der Waals surface area contributed by atoms with E-state index in [0.29, 0.717) is 12.0 Å². The molecule has 0 atom stereocenters. The molecule has 0 unspecified atom stereocenters. The molecule has 2 N–H and O–H groups in total. The molecular formula is C32H33FN2O2. The highest BCUT2D eigenvalue weighted by Crippen LogP contribution is 2.36. The fourth-order valence-corrected chi connectivity index (χ4v) is 4.47. The summed E-state index contributed by atoms with van der Waals surface area (Å²) in [6, 6.07) is 24.4. The number of benzene rings is 3. The van der Waals surface area contributed by atoms with Gasteiger partial charge >= 0.3 is 0 Å². The lowest BCUT2D eigenvalue weighted by Gasteiger charge is -2.17. The summed E-state index contributed by atoms with van der Waals surface area (Å²) in [5.74, 6) is 0.483. The van der Waals surface area contributed by atoms with Crippen molar-refractivity contribution in [2.75, 3.05) is 13.7 Å². The van der Waals surface area contributed by atoms with Crippen molar-refractivity contribution in [3.05, 3.63) is 114 Å². The first-order valence-corrected chi connectivity index (χ1v) is 12.8. The zero-order chi connectivity index (χ0) is 26.0. The molecule has 1 heterocycles. The lowest BCUT2D eigenvalue weighted by atomic mass is 9.88. The predicted molar refractivity (Wildman–Crippen MR) is 150 cm³/mol. The summed E-state index contributed by atoms with van der Waals surface area (Å²) in [6.07, 6.45) is 8.38. The number of fused-ring (bicyclic) bond motifs is 1. The van der Waals surface area contributed by atoms with Gasteiger partial charge in [0.2, 0.25) is 5.91 Å². The number of rotatable bonds is 11. The van der Waals surface area contributed by atoms with Gasteiger partial charge in [0, 0.05) is 24.1 Å². The molecule has 0 radical (unpaired) electrons. The molecule has 0 spiro atoms. The van der Waals surface area contributed by atoms with Gasteiger partial charge in [-0.1, -0.05) is 61.5 Å². The highest BCUT2D eigenvalue weighted by atomic mass is 19.1. The number of likely N-dealkylation sites (N-methyl/N-ethyl adjacent to an activating group) is 1. The van der Waals surface area contributed by atoms with Crippen molar-refractivity contribution < 1.29 is 13.9 Å². The van der Waals surface area contributed by atoms with Crippen LogP contribution in [-0.2, 0) is 4.79 Å². The van der Waals surface area contributed by atoms with Crippen LogP contribution in [0.15, 0.2) is 91.1 Å².